The van der Waals surface area contributed by atoms with Crippen LogP contribution in [-0.2, 0) is 4.79 Å². The first-order valence-electron chi connectivity index (χ1n) is 5.12. The highest BCUT2D eigenvalue weighted by atomic mass is 16.5. The predicted octanol–water partition coefficient (Wildman–Crippen LogP) is 1.57. The van der Waals surface area contributed by atoms with E-state index in [-0.39, 0.29) is 5.91 Å². The Hall–Kier alpha value is -1.97. The van der Waals surface area contributed by atoms with Crippen molar-refractivity contribution in [2.75, 3.05) is 17.2 Å². The van der Waals surface area contributed by atoms with Gasteiger partial charge in [0.1, 0.15) is 0 Å². The van der Waals surface area contributed by atoms with E-state index < -0.39 is 6.10 Å². The van der Waals surface area contributed by atoms with Crippen LogP contribution in [0.1, 0.15) is 6.92 Å². The molecule has 0 spiro atoms. The summed E-state index contributed by atoms with van der Waals surface area (Å²) in [6, 6.07) is 5.38. The molecule has 1 aliphatic rings. The second kappa shape index (κ2) is 3.89. The predicted molar refractivity (Wildman–Crippen MR) is 63.5 cm³/mol. The Bertz CT molecular complexity index is 443. The van der Waals surface area contributed by atoms with Crippen molar-refractivity contribution in [3.63, 3.8) is 0 Å². The van der Waals surface area contributed by atoms with E-state index >= 15 is 0 Å². The lowest BCUT2D eigenvalue weighted by molar-refractivity contribution is -0.125. The van der Waals surface area contributed by atoms with Crippen LogP contribution >= 0.6 is 0 Å². The van der Waals surface area contributed by atoms with Crippen molar-refractivity contribution in [3.05, 3.63) is 30.9 Å². The number of fused-ring (bicyclic) bond motifs is 1. The molecular formula is C12H14N2O2. The van der Waals surface area contributed by atoms with Gasteiger partial charge in [0.05, 0.1) is 11.4 Å². The lowest BCUT2D eigenvalue weighted by Gasteiger charge is -2.32. The fourth-order valence-electron chi connectivity index (χ4n) is 1.77. The van der Waals surface area contributed by atoms with Gasteiger partial charge in [-0.25, -0.2) is 0 Å². The Kier molecular flexibility index (Phi) is 2.56. The van der Waals surface area contributed by atoms with Gasteiger partial charge in [-0.1, -0.05) is 12.1 Å². The molecule has 1 atom stereocenters. The second-order valence-corrected chi connectivity index (χ2v) is 3.69. The smallest absolute Gasteiger partial charge is 0.268 e. The van der Waals surface area contributed by atoms with Gasteiger partial charge in [-0.2, -0.15) is 0 Å². The van der Waals surface area contributed by atoms with E-state index in [1.807, 2.05) is 6.07 Å². The third-order valence-corrected chi connectivity index (χ3v) is 2.54. The molecule has 0 fully saturated rings. The minimum atomic E-state index is -0.503. The molecule has 4 nitrogen and oxygen atoms in total. The number of hydrogen-bond donors (Lipinski definition) is 1. The van der Waals surface area contributed by atoms with Gasteiger partial charge in [0, 0.05) is 6.54 Å². The molecule has 1 amide bonds. The number of hydrogen-bond acceptors (Lipinski definition) is 3. The topological polar surface area (TPSA) is 55.6 Å². The number of carbonyl (C=O) groups is 1. The maximum atomic E-state index is 11.9. The molecule has 2 N–H and O–H groups in total. The summed E-state index contributed by atoms with van der Waals surface area (Å²) >= 11 is 0. The summed E-state index contributed by atoms with van der Waals surface area (Å²) in [4.78, 5) is 13.5. The highest BCUT2D eigenvalue weighted by molar-refractivity contribution is 6.01. The molecule has 0 bridgehead atoms. The number of ether oxygens (including phenoxy) is 1. The zero-order valence-corrected chi connectivity index (χ0v) is 9.14. The van der Waals surface area contributed by atoms with Gasteiger partial charge in [-0.3, -0.25) is 4.79 Å². The molecule has 0 saturated carbocycles. The fourth-order valence-corrected chi connectivity index (χ4v) is 1.77. The van der Waals surface area contributed by atoms with Crippen LogP contribution in [0, 0.1) is 0 Å². The number of para-hydroxylation sites is 1. The third-order valence-electron chi connectivity index (χ3n) is 2.54. The average Bonchev–Trinajstić information content (AvgIpc) is 2.26. The monoisotopic (exact) mass is 218 g/mol. The van der Waals surface area contributed by atoms with Crippen molar-refractivity contribution in [2.24, 2.45) is 0 Å². The fraction of sp³-hybridized carbons (Fsp3) is 0.250. The molecule has 2 rings (SSSR count). The van der Waals surface area contributed by atoms with Crippen LogP contribution in [0.2, 0.25) is 0 Å². The van der Waals surface area contributed by atoms with E-state index in [0.717, 1.165) is 0 Å². The number of nitrogen functional groups attached to an aromatic ring is 1. The number of nitrogens with zero attached hydrogens (tertiary/aromatic N) is 1. The van der Waals surface area contributed by atoms with Crippen molar-refractivity contribution >= 4 is 17.3 Å². The summed E-state index contributed by atoms with van der Waals surface area (Å²) in [7, 11) is 0. The average molecular weight is 218 g/mol. The second-order valence-electron chi connectivity index (χ2n) is 3.69. The van der Waals surface area contributed by atoms with Gasteiger partial charge in [-0.05, 0) is 19.1 Å². The summed E-state index contributed by atoms with van der Waals surface area (Å²) in [5.41, 5.74) is 7.08. The van der Waals surface area contributed by atoms with E-state index in [4.69, 9.17) is 10.5 Å². The highest BCUT2D eigenvalue weighted by Crippen LogP contribution is 2.38. The number of carbonyl (C=O) groups excluding carboxylic acids is 1. The zero-order valence-electron chi connectivity index (χ0n) is 9.14. The third kappa shape index (κ3) is 1.52. The minimum absolute atomic E-state index is 0.0713. The van der Waals surface area contributed by atoms with Crippen LogP contribution in [0.4, 0.5) is 11.4 Å². The van der Waals surface area contributed by atoms with Crippen LogP contribution < -0.4 is 15.4 Å². The zero-order chi connectivity index (χ0) is 11.7. The summed E-state index contributed by atoms with van der Waals surface area (Å²) in [6.07, 6.45) is 1.18. The van der Waals surface area contributed by atoms with E-state index in [2.05, 4.69) is 6.58 Å². The molecule has 1 aromatic rings. The molecule has 0 radical (unpaired) electrons. The normalized spacial score (nSPS) is 18.9. The number of rotatable bonds is 2. The lowest BCUT2D eigenvalue weighted by Crippen LogP contribution is -2.44. The Balaban J connectivity index is 2.51. The quantitative estimate of drug-likeness (QED) is 0.605. The van der Waals surface area contributed by atoms with Crippen LogP contribution in [0.15, 0.2) is 30.9 Å². The first kappa shape index (κ1) is 10.5. The van der Waals surface area contributed by atoms with Crippen LogP contribution in [0.5, 0.6) is 5.75 Å². The van der Waals surface area contributed by atoms with Crippen molar-refractivity contribution in [2.45, 2.75) is 13.0 Å². The van der Waals surface area contributed by atoms with Gasteiger partial charge in [-0.15, -0.1) is 6.58 Å². The Morgan fingerprint density at radius 3 is 3.06 bits per heavy atom. The van der Waals surface area contributed by atoms with Gasteiger partial charge >= 0.3 is 0 Å². The molecule has 1 aromatic carbocycles. The number of amides is 1. The lowest BCUT2D eigenvalue weighted by atomic mass is 10.1. The molecule has 1 heterocycles. The summed E-state index contributed by atoms with van der Waals surface area (Å²) in [6.45, 7) is 5.82. The van der Waals surface area contributed by atoms with E-state index in [9.17, 15) is 4.79 Å². The standard InChI is InChI=1S/C12H14N2O2/c1-3-7-14-10-6-4-5-9(13)11(10)16-8(2)12(14)15/h3-6,8H,1,7,13H2,2H3. The van der Waals surface area contributed by atoms with E-state index in [0.29, 0.717) is 23.7 Å². The largest absolute Gasteiger partial charge is 0.477 e. The molecule has 1 aliphatic heterocycles. The molecule has 16 heavy (non-hydrogen) atoms. The summed E-state index contributed by atoms with van der Waals surface area (Å²) in [5, 5.41) is 0. The van der Waals surface area contributed by atoms with Gasteiger partial charge in [0.15, 0.2) is 11.9 Å². The molecule has 4 heteroatoms. The Morgan fingerprint density at radius 1 is 1.62 bits per heavy atom. The first-order valence-corrected chi connectivity index (χ1v) is 5.12. The maximum Gasteiger partial charge on any atom is 0.268 e. The van der Waals surface area contributed by atoms with Crippen LogP contribution in [0.25, 0.3) is 0 Å². The van der Waals surface area contributed by atoms with Crippen molar-refractivity contribution < 1.29 is 9.53 Å². The molecular weight excluding hydrogens is 204 g/mol. The SMILES string of the molecule is C=CCN1C(=O)C(C)Oc2c(N)cccc21. The van der Waals surface area contributed by atoms with E-state index in [1.165, 1.54) is 0 Å². The van der Waals surface area contributed by atoms with Crippen molar-refractivity contribution in [1.29, 1.82) is 0 Å². The van der Waals surface area contributed by atoms with Gasteiger partial charge < -0.3 is 15.4 Å². The Labute approximate surface area is 94.3 Å². The Morgan fingerprint density at radius 2 is 2.38 bits per heavy atom. The van der Waals surface area contributed by atoms with Crippen molar-refractivity contribution in [1.82, 2.24) is 0 Å². The first-order chi connectivity index (χ1) is 7.65. The van der Waals surface area contributed by atoms with Crippen molar-refractivity contribution in [3.8, 4) is 5.75 Å². The molecule has 0 aromatic heterocycles. The maximum absolute atomic E-state index is 11.9. The molecule has 84 valence electrons. The van der Waals surface area contributed by atoms with Crippen LogP contribution in [0.3, 0.4) is 0 Å². The number of benzene rings is 1. The summed E-state index contributed by atoms with van der Waals surface area (Å²) < 4.78 is 5.50. The molecule has 1 unspecified atom stereocenters. The van der Waals surface area contributed by atoms with Gasteiger partial charge in [0.25, 0.3) is 5.91 Å². The van der Waals surface area contributed by atoms with Crippen LogP contribution in [-0.4, -0.2) is 18.6 Å². The van der Waals surface area contributed by atoms with E-state index in [1.54, 1.807) is 30.0 Å². The number of anilines is 2. The molecule has 0 saturated heterocycles. The molecule has 0 aliphatic carbocycles. The highest BCUT2D eigenvalue weighted by Gasteiger charge is 2.31. The number of nitrogens with two attached hydrogens (primary N) is 1. The van der Waals surface area contributed by atoms with Gasteiger partial charge in [0.2, 0.25) is 0 Å². The minimum Gasteiger partial charge on any atom is -0.477 e. The summed E-state index contributed by atoms with van der Waals surface area (Å²) in [5.74, 6) is 0.509.